The highest BCUT2D eigenvalue weighted by Crippen LogP contribution is 2.21. The van der Waals surface area contributed by atoms with Crippen LogP contribution in [0.15, 0.2) is 78.9 Å². The first-order chi connectivity index (χ1) is 11.7. The molecule has 0 aliphatic rings. The maximum absolute atomic E-state index is 12.9. The number of carbonyl (C=O) groups is 3. The standard InChI is InChI=1S/C21H14O3/c22-14-17-12-7-13-18(20(23)15-8-3-1-4-9-15)19(17)21(24)16-10-5-2-6-11-16/h1-14H. The molecule has 3 aromatic carbocycles. The van der Waals surface area contributed by atoms with Crippen LogP contribution in [-0.4, -0.2) is 17.9 Å². The van der Waals surface area contributed by atoms with E-state index in [2.05, 4.69) is 0 Å². The summed E-state index contributed by atoms with van der Waals surface area (Å²) < 4.78 is 0. The monoisotopic (exact) mass is 314 g/mol. The van der Waals surface area contributed by atoms with Crippen molar-refractivity contribution in [3.8, 4) is 0 Å². The molecule has 0 saturated heterocycles. The Kier molecular flexibility index (Phi) is 4.43. The molecule has 3 aromatic rings. The number of hydrogen-bond donors (Lipinski definition) is 0. The first-order valence-electron chi connectivity index (χ1n) is 7.50. The van der Waals surface area contributed by atoms with Crippen LogP contribution < -0.4 is 0 Å². The Labute approximate surface area is 139 Å². The predicted octanol–water partition coefficient (Wildman–Crippen LogP) is 3.96. The van der Waals surface area contributed by atoms with Crippen molar-refractivity contribution >= 4 is 17.9 Å². The Morgan fingerprint density at radius 3 is 1.71 bits per heavy atom. The second-order valence-electron chi connectivity index (χ2n) is 5.28. The van der Waals surface area contributed by atoms with Gasteiger partial charge in [-0.05, 0) is 0 Å². The van der Waals surface area contributed by atoms with Crippen molar-refractivity contribution in [3.05, 3.63) is 107 Å². The minimum absolute atomic E-state index is 0.146. The molecule has 0 radical (unpaired) electrons. The molecule has 3 rings (SSSR count). The normalized spacial score (nSPS) is 10.2. The Morgan fingerprint density at radius 2 is 1.17 bits per heavy atom. The highest BCUT2D eigenvalue weighted by atomic mass is 16.1. The number of hydrogen-bond acceptors (Lipinski definition) is 3. The van der Waals surface area contributed by atoms with E-state index >= 15 is 0 Å². The summed E-state index contributed by atoms with van der Waals surface area (Å²) in [5, 5.41) is 0. The van der Waals surface area contributed by atoms with E-state index in [0.29, 0.717) is 17.4 Å². The molecular formula is C21H14O3. The molecule has 0 atom stereocenters. The summed E-state index contributed by atoms with van der Waals surface area (Å²) in [6.07, 6.45) is 0.609. The van der Waals surface area contributed by atoms with Crippen LogP contribution in [0.2, 0.25) is 0 Å². The molecule has 0 aromatic heterocycles. The zero-order valence-electron chi connectivity index (χ0n) is 12.8. The average Bonchev–Trinajstić information content (AvgIpc) is 2.67. The van der Waals surface area contributed by atoms with Crippen LogP contribution in [0.3, 0.4) is 0 Å². The molecule has 0 spiro atoms. The topological polar surface area (TPSA) is 51.2 Å². The third-order valence-corrected chi connectivity index (χ3v) is 3.77. The highest BCUT2D eigenvalue weighted by molar-refractivity contribution is 6.22. The minimum Gasteiger partial charge on any atom is -0.298 e. The fraction of sp³-hybridized carbons (Fsp3) is 0. The molecule has 3 nitrogen and oxygen atoms in total. The molecule has 116 valence electrons. The second-order valence-corrected chi connectivity index (χ2v) is 5.28. The van der Waals surface area contributed by atoms with Gasteiger partial charge in [0.15, 0.2) is 17.9 Å². The van der Waals surface area contributed by atoms with E-state index in [1.54, 1.807) is 72.8 Å². The fourth-order valence-electron chi connectivity index (χ4n) is 2.59. The van der Waals surface area contributed by atoms with E-state index in [1.165, 1.54) is 0 Å². The summed E-state index contributed by atoms with van der Waals surface area (Å²) in [5.74, 6) is -0.615. The van der Waals surface area contributed by atoms with E-state index in [-0.39, 0.29) is 28.3 Å². The van der Waals surface area contributed by atoms with Gasteiger partial charge in [0, 0.05) is 27.8 Å². The largest absolute Gasteiger partial charge is 0.298 e. The third kappa shape index (κ3) is 2.92. The lowest BCUT2D eigenvalue weighted by Crippen LogP contribution is -2.14. The number of rotatable bonds is 5. The summed E-state index contributed by atoms with van der Waals surface area (Å²) in [5.41, 5.74) is 1.51. The molecule has 0 amide bonds. The quantitative estimate of drug-likeness (QED) is 0.529. The molecule has 0 fully saturated rings. The van der Waals surface area contributed by atoms with E-state index in [9.17, 15) is 14.4 Å². The summed E-state index contributed by atoms with van der Waals surface area (Å²) in [6.45, 7) is 0. The Hall–Kier alpha value is -3.33. The molecule has 0 unspecified atom stereocenters. The van der Waals surface area contributed by atoms with Crippen LogP contribution in [0.5, 0.6) is 0 Å². The molecule has 3 heteroatoms. The van der Waals surface area contributed by atoms with Crippen LogP contribution >= 0.6 is 0 Å². The van der Waals surface area contributed by atoms with Crippen molar-refractivity contribution in [1.29, 1.82) is 0 Å². The Bertz CT molecular complexity index is 897. The van der Waals surface area contributed by atoms with Gasteiger partial charge in [-0.25, -0.2) is 0 Å². The number of aldehydes is 1. The molecular weight excluding hydrogens is 300 g/mol. The van der Waals surface area contributed by atoms with Crippen molar-refractivity contribution in [3.63, 3.8) is 0 Å². The van der Waals surface area contributed by atoms with Crippen molar-refractivity contribution in [2.24, 2.45) is 0 Å². The summed E-state index contributed by atoms with van der Waals surface area (Å²) in [6, 6.07) is 22.1. The smallest absolute Gasteiger partial charge is 0.194 e. The van der Waals surface area contributed by atoms with E-state index in [1.807, 2.05) is 6.07 Å². The molecule has 0 heterocycles. The van der Waals surface area contributed by atoms with E-state index in [4.69, 9.17) is 0 Å². The van der Waals surface area contributed by atoms with Gasteiger partial charge in [-0.2, -0.15) is 0 Å². The lowest BCUT2D eigenvalue weighted by atomic mass is 9.90. The van der Waals surface area contributed by atoms with Gasteiger partial charge in [0.05, 0.1) is 0 Å². The van der Waals surface area contributed by atoms with Crippen LogP contribution in [0, 0.1) is 0 Å². The Morgan fingerprint density at radius 1 is 0.625 bits per heavy atom. The van der Waals surface area contributed by atoms with E-state index in [0.717, 1.165) is 0 Å². The molecule has 0 aliphatic carbocycles. The van der Waals surface area contributed by atoms with Gasteiger partial charge in [0.1, 0.15) is 0 Å². The van der Waals surface area contributed by atoms with Gasteiger partial charge in [-0.1, -0.05) is 78.9 Å². The van der Waals surface area contributed by atoms with Crippen molar-refractivity contribution in [2.75, 3.05) is 0 Å². The predicted molar refractivity (Wildman–Crippen MR) is 91.6 cm³/mol. The maximum atomic E-state index is 12.9. The van der Waals surface area contributed by atoms with Gasteiger partial charge in [0.2, 0.25) is 0 Å². The highest BCUT2D eigenvalue weighted by Gasteiger charge is 2.22. The summed E-state index contributed by atoms with van der Waals surface area (Å²) in [4.78, 5) is 37.1. The van der Waals surface area contributed by atoms with E-state index < -0.39 is 0 Å². The average molecular weight is 314 g/mol. The maximum Gasteiger partial charge on any atom is 0.194 e. The third-order valence-electron chi connectivity index (χ3n) is 3.77. The Balaban J connectivity index is 2.16. The van der Waals surface area contributed by atoms with Crippen LogP contribution in [0.4, 0.5) is 0 Å². The van der Waals surface area contributed by atoms with Gasteiger partial charge in [-0.3, -0.25) is 14.4 Å². The summed E-state index contributed by atoms with van der Waals surface area (Å²) >= 11 is 0. The van der Waals surface area contributed by atoms with Crippen LogP contribution in [-0.2, 0) is 0 Å². The van der Waals surface area contributed by atoms with Crippen molar-refractivity contribution in [2.45, 2.75) is 0 Å². The number of benzene rings is 3. The lowest BCUT2D eigenvalue weighted by Gasteiger charge is -2.10. The SMILES string of the molecule is O=Cc1cccc(C(=O)c2ccccc2)c1C(=O)c1ccccc1. The first-order valence-corrected chi connectivity index (χ1v) is 7.50. The zero-order valence-corrected chi connectivity index (χ0v) is 12.8. The van der Waals surface area contributed by atoms with Crippen LogP contribution in [0.1, 0.15) is 42.2 Å². The number of carbonyl (C=O) groups excluding carboxylic acids is 3. The molecule has 0 aliphatic heterocycles. The molecule has 24 heavy (non-hydrogen) atoms. The zero-order chi connectivity index (χ0) is 16.9. The molecule has 0 bridgehead atoms. The first kappa shape index (κ1) is 15.6. The number of ketones is 2. The van der Waals surface area contributed by atoms with Crippen molar-refractivity contribution in [1.82, 2.24) is 0 Å². The van der Waals surface area contributed by atoms with Gasteiger partial charge in [-0.15, -0.1) is 0 Å². The fourth-order valence-corrected chi connectivity index (χ4v) is 2.59. The van der Waals surface area contributed by atoms with Gasteiger partial charge in [0.25, 0.3) is 0 Å². The van der Waals surface area contributed by atoms with Crippen molar-refractivity contribution < 1.29 is 14.4 Å². The molecule has 0 N–H and O–H groups in total. The molecule has 0 saturated carbocycles. The second kappa shape index (κ2) is 6.84. The van der Waals surface area contributed by atoms with Gasteiger partial charge < -0.3 is 0 Å². The summed E-state index contributed by atoms with van der Waals surface area (Å²) in [7, 11) is 0. The minimum atomic E-state index is -0.336. The van der Waals surface area contributed by atoms with Gasteiger partial charge >= 0.3 is 0 Å². The van der Waals surface area contributed by atoms with Crippen LogP contribution in [0.25, 0.3) is 0 Å². The lowest BCUT2D eigenvalue weighted by molar-refractivity contribution is 0.0999.